The van der Waals surface area contributed by atoms with Crippen molar-refractivity contribution in [3.63, 3.8) is 0 Å². The minimum atomic E-state index is -0.730. The normalized spacial score (nSPS) is 12.3. The van der Waals surface area contributed by atoms with Crippen LogP contribution in [0.5, 0.6) is 0 Å². The highest BCUT2D eigenvalue weighted by Gasteiger charge is 2.22. The van der Waals surface area contributed by atoms with E-state index in [1.54, 1.807) is 25.1 Å². The Bertz CT molecular complexity index is 944. The van der Waals surface area contributed by atoms with Crippen molar-refractivity contribution in [1.82, 2.24) is 5.32 Å². The summed E-state index contributed by atoms with van der Waals surface area (Å²) in [6.07, 6.45) is 3.08. The monoisotopic (exact) mass is 407 g/mol. The average Bonchev–Trinajstić information content (AvgIpc) is 2.69. The van der Waals surface area contributed by atoms with Gasteiger partial charge in [0.1, 0.15) is 6.04 Å². The Morgan fingerprint density at radius 1 is 0.967 bits per heavy atom. The molecule has 1 atom stereocenters. The van der Waals surface area contributed by atoms with E-state index in [9.17, 15) is 14.4 Å². The van der Waals surface area contributed by atoms with Crippen molar-refractivity contribution in [1.29, 1.82) is 0 Å². The molecule has 2 aromatic carbocycles. The van der Waals surface area contributed by atoms with E-state index < -0.39 is 11.5 Å². The van der Waals surface area contributed by atoms with Crippen molar-refractivity contribution >= 4 is 35.2 Å². The number of hydrogen-bond donors (Lipinski definition) is 3. The number of hydrogen-bond acceptors (Lipinski definition) is 3. The van der Waals surface area contributed by atoms with E-state index in [-0.39, 0.29) is 17.7 Å². The molecule has 2 rings (SSSR count). The molecule has 0 saturated heterocycles. The van der Waals surface area contributed by atoms with Gasteiger partial charge < -0.3 is 16.0 Å². The first kappa shape index (κ1) is 22.9. The minimum Gasteiger partial charge on any atom is -0.341 e. The van der Waals surface area contributed by atoms with Gasteiger partial charge in [0.05, 0.1) is 0 Å². The second kappa shape index (κ2) is 9.87. The van der Waals surface area contributed by atoms with Crippen molar-refractivity contribution in [3.05, 3.63) is 65.7 Å². The fourth-order valence-corrected chi connectivity index (χ4v) is 2.46. The fourth-order valence-electron chi connectivity index (χ4n) is 2.46. The van der Waals surface area contributed by atoms with Gasteiger partial charge in [-0.2, -0.15) is 0 Å². The van der Waals surface area contributed by atoms with E-state index in [1.807, 2.05) is 64.1 Å². The van der Waals surface area contributed by atoms with Crippen molar-refractivity contribution in [2.24, 2.45) is 5.41 Å². The van der Waals surface area contributed by atoms with Gasteiger partial charge in [-0.3, -0.25) is 14.4 Å². The van der Waals surface area contributed by atoms with Gasteiger partial charge in [-0.05, 0) is 43.2 Å². The molecule has 3 N–H and O–H groups in total. The van der Waals surface area contributed by atoms with E-state index in [2.05, 4.69) is 16.0 Å². The molecule has 0 aliphatic heterocycles. The molecule has 0 heterocycles. The summed E-state index contributed by atoms with van der Waals surface area (Å²) in [7, 11) is 0. The highest BCUT2D eigenvalue weighted by molar-refractivity contribution is 6.01. The Morgan fingerprint density at radius 3 is 2.27 bits per heavy atom. The Morgan fingerprint density at radius 2 is 1.63 bits per heavy atom. The van der Waals surface area contributed by atoms with E-state index in [0.29, 0.717) is 11.4 Å². The molecule has 0 saturated carbocycles. The summed E-state index contributed by atoms with van der Waals surface area (Å²) < 4.78 is 0. The van der Waals surface area contributed by atoms with Crippen molar-refractivity contribution in [2.45, 2.75) is 40.7 Å². The Hall–Kier alpha value is -3.41. The Balaban J connectivity index is 1.97. The summed E-state index contributed by atoms with van der Waals surface area (Å²) in [5.41, 5.74) is 2.43. The summed E-state index contributed by atoms with van der Waals surface area (Å²) in [5.74, 6) is -0.822. The third-order valence-corrected chi connectivity index (χ3v) is 4.41. The van der Waals surface area contributed by atoms with Crippen LogP contribution in [0.25, 0.3) is 6.08 Å². The van der Waals surface area contributed by atoms with E-state index in [0.717, 1.165) is 11.1 Å². The third kappa shape index (κ3) is 6.88. The first-order chi connectivity index (χ1) is 14.1. The molecule has 0 radical (unpaired) electrons. The van der Waals surface area contributed by atoms with E-state index >= 15 is 0 Å². The second-order valence-electron chi connectivity index (χ2n) is 8.20. The molecule has 0 aromatic heterocycles. The molecule has 1 unspecified atom stereocenters. The van der Waals surface area contributed by atoms with Gasteiger partial charge in [0.15, 0.2) is 0 Å². The topological polar surface area (TPSA) is 87.3 Å². The first-order valence-electron chi connectivity index (χ1n) is 9.83. The number of amides is 3. The van der Waals surface area contributed by atoms with Crippen molar-refractivity contribution < 1.29 is 14.4 Å². The van der Waals surface area contributed by atoms with Gasteiger partial charge in [-0.25, -0.2) is 0 Å². The lowest BCUT2D eigenvalue weighted by Gasteiger charge is -2.19. The third-order valence-electron chi connectivity index (χ3n) is 4.41. The first-order valence-corrected chi connectivity index (χ1v) is 9.83. The van der Waals surface area contributed by atoms with Crippen LogP contribution >= 0.6 is 0 Å². The maximum absolute atomic E-state index is 12.5. The number of aryl methyl sites for hydroxylation is 1. The fraction of sp³-hybridized carbons (Fsp3) is 0.292. The molecule has 0 aliphatic rings. The van der Waals surface area contributed by atoms with Crippen LogP contribution in [-0.4, -0.2) is 23.8 Å². The summed E-state index contributed by atoms with van der Waals surface area (Å²) in [6.45, 7) is 8.99. The number of rotatable bonds is 6. The molecular formula is C24H29N3O3. The molecule has 30 heavy (non-hydrogen) atoms. The number of nitrogens with one attached hydrogen (secondary N) is 3. The summed E-state index contributed by atoms with van der Waals surface area (Å²) in [5, 5.41) is 8.30. The maximum atomic E-state index is 12.5. The number of benzene rings is 2. The zero-order chi connectivity index (χ0) is 22.3. The Labute approximate surface area is 177 Å². The zero-order valence-corrected chi connectivity index (χ0v) is 18.1. The number of carbonyl (C=O) groups excluding carboxylic acids is 3. The molecule has 6 heteroatoms. The molecule has 2 aromatic rings. The van der Waals surface area contributed by atoms with E-state index in [4.69, 9.17) is 0 Å². The van der Waals surface area contributed by atoms with Crippen LogP contribution in [0.2, 0.25) is 0 Å². The summed E-state index contributed by atoms with van der Waals surface area (Å²) in [6, 6.07) is 14.0. The summed E-state index contributed by atoms with van der Waals surface area (Å²) >= 11 is 0. The predicted molar refractivity (Wildman–Crippen MR) is 121 cm³/mol. The molecule has 0 aliphatic carbocycles. The van der Waals surface area contributed by atoms with Crippen LogP contribution < -0.4 is 16.0 Å². The molecule has 6 nitrogen and oxygen atoms in total. The van der Waals surface area contributed by atoms with Crippen LogP contribution in [-0.2, 0) is 14.4 Å². The lowest BCUT2D eigenvalue weighted by Crippen LogP contribution is -2.40. The van der Waals surface area contributed by atoms with E-state index in [1.165, 1.54) is 6.08 Å². The SMILES string of the molecule is Cc1ccc(NC(=O)C(C)NC(=O)/C=C/c2ccccc2)cc1NC(=O)C(C)(C)C. The highest BCUT2D eigenvalue weighted by Crippen LogP contribution is 2.23. The standard InChI is InChI=1S/C24H29N3O3/c1-16-11-13-19(15-20(16)27-23(30)24(3,4)5)26-22(29)17(2)25-21(28)14-12-18-9-7-6-8-10-18/h6-15,17H,1-5H3,(H,25,28)(H,26,29)(H,27,30)/b14-12+. The maximum Gasteiger partial charge on any atom is 0.246 e. The van der Waals surface area contributed by atoms with Crippen LogP contribution in [0.4, 0.5) is 11.4 Å². The molecular weight excluding hydrogens is 378 g/mol. The largest absolute Gasteiger partial charge is 0.341 e. The van der Waals surface area contributed by atoms with Gasteiger partial charge in [-0.1, -0.05) is 57.2 Å². The van der Waals surface area contributed by atoms with Crippen LogP contribution in [0.3, 0.4) is 0 Å². The van der Waals surface area contributed by atoms with Gasteiger partial charge in [0.2, 0.25) is 17.7 Å². The van der Waals surface area contributed by atoms with Gasteiger partial charge in [-0.15, -0.1) is 0 Å². The Kier molecular flexibility index (Phi) is 7.53. The zero-order valence-electron chi connectivity index (χ0n) is 18.1. The number of carbonyl (C=O) groups is 3. The lowest BCUT2D eigenvalue weighted by atomic mass is 9.95. The predicted octanol–water partition coefficient (Wildman–Crippen LogP) is 4.14. The molecule has 0 fully saturated rings. The lowest BCUT2D eigenvalue weighted by molar-refractivity contribution is -0.123. The van der Waals surface area contributed by atoms with Crippen molar-refractivity contribution in [3.8, 4) is 0 Å². The van der Waals surface area contributed by atoms with Crippen LogP contribution in [0.15, 0.2) is 54.6 Å². The molecule has 0 bridgehead atoms. The van der Waals surface area contributed by atoms with Crippen LogP contribution in [0, 0.1) is 12.3 Å². The number of anilines is 2. The minimum absolute atomic E-state index is 0.111. The smallest absolute Gasteiger partial charge is 0.246 e. The second-order valence-corrected chi connectivity index (χ2v) is 8.20. The average molecular weight is 408 g/mol. The molecule has 0 spiro atoms. The molecule has 3 amide bonds. The highest BCUT2D eigenvalue weighted by atomic mass is 16.2. The van der Waals surface area contributed by atoms with Gasteiger partial charge in [0, 0.05) is 22.9 Å². The van der Waals surface area contributed by atoms with Crippen LogP contribution in [0.1, 0.15) is 38.8 Å². The quantitative estimate of drug-likeness (QED) is 0.629. The van der Waals surface area contributed by atoms with Gasteiger partial charge in [0.25, 0.3) is 0 Å². The molecule has 158 valence electrons. The van der Waals surface area contributed by atoms with Crippen molar-refractivity contribution in [2.75, 3.05) is 10.6 Å². The van der Waals surface area contributed by atoms with Gasteiger partial charge >= 0.3 is 0 Å². The summed E-state index contributed by atoms with van der Waals surface area (Å²) in [4.78, 5) is 36.8.